The molecule has 0 fully saturated rings. The van der Waals surface area contributed by atoms with Crippen LogP contribution in [0.1, 0.15) is 34.7 Å². The van der Waals surface area contributed by atoms with E-state index in [1.165, 1.54) is 0 Å². The van der Waals surface area contributed by atoms with Gasteiger partial charge in [0.2, 0.25) is 0 Å². The molecule has 0 bridgehead atoms. The number of nitrogens with one attached hydrogen (secondary N) is 1. The molecule has 0 saturated heterocycles. The Hall–Kier alpha value is -3.12. The molecule has 4 rings (SSSR count). The van der Waals surface area contributed by atoms with Crippen LogP contribution in [-0.2, 0) is 5.75 Å². The molecular weight excluding hydrogens is 368 g/mol. The molecule has 28 heavy (non-hydrogen) atoms. The van der Waals surface area contributed by atoms with Crippen molar-refractivity contribution in [2.24, 2.45) is 0 Å². The van der Waals surface area contributed by atoms with E-state index in [1.807, 2.05) is 84.4 Å². The number of amides is 1. The number of imidazole rings is 1. The predicted molar refractivity (Wildman–Crippen MR) is 111 cm³/mol. The second kappa shape index (κ2) is 8.27. The minimum atomic E-state index is -0.141. The second-order valence-electron chi connectivity index (χ2n) is 6.46. The van der Waals surface area contributed by atoms with E-state index >= 15 is 0 Å². The Morgan fingerprint density at radius 3 is 2.68 bits per heavy atom. The molecule has 0 aliphatic carbocycles. The van der Waals surface area contributed by atoms with Crippen molar-refractivity contribution in [1.29, 1.82) is 0 Å². The Morgan fingerprint density at radius 1 is 1.11 bits per heavy atom. The lowest BCUT2D eigenvalue weighted by Gasteiger charge is -2.13. The highest BCUT2D eigenvalue weighted by molar-refractivity contribution is 7.98. The molecule has 0 spiro atoms. The number of aromatic nitrogens is 3. The molecule has 0 unspecified atom stereocenters. The fourth-order valence-electron chi connectivity index (χ4n) is 2.90. The minimum absolute atomic E-state index is 0.102. The number of pyridine rings is 2. The average molecular weight is 388 g/mol. The standard InChI is InChI=1S/C22H20N4OS/c1-16(20-6-2-4-12-23-20)24-22(27)17-8-10-19(11-9-17)28-15-18-14-26-13-5-3-7-21(26)25-18/h2-14,16H,15H2,1H3,(H,24,27)/t16-/m0/s1. The molecule has 0 aliphatic heterocycles. The van der Waals surface area contributed by atoms with E-state index in [2.05, 4.69) is 15.3 Å². The summed E-state index contributed by atoms with van der Waals surface area (Å²) in [6.07, 6.45) is 5.77. The van der Waals surface area contributed by atoms with Gasteiger partial charge in [0.1, 0.15) is 5.65 Å². The number of rotatable bonds is 6. The zero-order valence-electron chi connectivity index (χ0n) is 15.4. The fourth-order valence-corrected chi connectivity index (χ4v) is 3.68. The number of thioether (sulfide) groups is 1. The third-order valence-corrected chi connectivity index (χ3v) is 5.44. The highest BCUT2D eigenvalue weighted by Crippen LogP contribution is 2.23. The lowest BCUT2D eigenvalue weighted by atomic mass is 10.1. The van der Waals surface area contributed by atoms with Crippen LogP contribution in [-0.4, -0.2) is 20.3 Å². The van der Waals surface area contributed by atoms with Crippen molar-refractivity contribution >= 4 is 23.3 Å². The molecule has 5 nitrogen and oxygen atoms in total. The molecule has 1 amide bonds. The maximum absolute atomic E-state index is 12.5. The minimum Gasteiger partial charge on any atom is -0.344 e. The van der Waals surface area contributed by atoms with Crippen molar-refractivity contribution in [1.82, 2.24) is 19.7 Å². The summed E-state index contributed by atoms with van der Waals surface area (Å²) in [5, 5.41) is 2.98. The molecule has 3 heterocycles. The Labute approximate surface area is 167 Å². The van der Waals surface area contributed by atoms with E-state index in [0.29, 0.717) is 5.56 Å². The molecule has 0 saturated carbocycles. The smallest absolute Gasteiger partial charge is 0.251 e. The van der Waals surface area contributed by atoms with Gasteiger partial charge in [-0.2, -0.15) is 0 Å². The summed E-state index contributed by atoms with van der Waals surface area (Å²) in [6, 6.07) is 19.2. The van der Waals surface area contributed by atoms with Crippen molar-refractivity contribution in [2.45, 2.75) is 23.6 Å². The first-order valence-electron chi connectivity index (χ1n) is 9.06. The first-order chi connectivity index (χ1) is 13.7. The molecule has 1 aromatic carbocycles. The van der Waals surface area contributed by atoms with Crippen LogP contribution >= 0.6 is 11.8 Å². The van der Waals surface area contributed by atoms with Crippen LogP contribution in [0.5, 0.6) is 0 Å². The predicted octanol–water partition coefficient (Wildman–Crippen LogP) is 4.51. The van der Waals surface area contributed by atoms with Crippen molar-refractivity contribution in [3.63, 3.8) is 0 Å². The number of hydrogen-bond donors (Lipinski definition) is 1. The first-order valence-corrected chi connectivity index (χ1v) is 10.0. The first kappa shape index (κ1) is 18.3. The highest BCUT2D eigenvalue weighted by atomic mass is 32.2. The summed E-state index contributed by atoms with van der Waals surface area (Å²) in [5.41, 5.74) is 3.46. The van der Waals surface area contributed by atoms with E-state index in [0.717, 1.165) is 27.7 Å². The van der Waals surface area contributed by atoms with E-state index in [1.54, 1.807) is 18.0 Å². The summed E-state index contributed by atoms with van der Waals surface area (Å²) in [4.78, 5) is 22.5. The Morgan fingerprint density at radius 2 is 1.93 bits per heavy atom. The Balaban J connectivity index is 1.36. The summed E-state index contributed by atoms with van der Waals surface area (Å²) in [6.45, 7) is 1.93. The largest absolute Gasteiger partial charge is 0.344 e. The highest BCUT2D eigenvalue weighted by Gasteiger charge is 2.12. The van der Waals surface area contributed by atoms with Gasteiger partial charge in [-0.05, 0) is 55.5 Å². The number of fused-ring (bicyclic) bond motifs is 1. The third-order valence-electron chi connectivity index (χ3n) is 4.40. The zero-order chi connectivity index (χ0) is 19.3. The van der Waals surface area contributed by atoms with Crippen molar-refractivity contribution < 1.29 is 4.79 Å². The third kappa shape index (κ3) is 4.23. The number of benzene rings is 1. The van der Waals surface area contributed by atoms with Gasteiger partial charge < -0.3 is 9.72 Å². The van der Waals surface area contributed by atoms with Crippen molar-refractivity contribution in [3.8, 4) is 0 Å². The molecule has 140 valence electrons. The molecule has 4 aromatic rings. The molecule has 6 heteroatoms. The van der Waals surface area contributed by atoms with E-state index in [9.17, 15) is 4.79 Å². The van der Waals surface area contributed by atoms with Gasteiger partial charge in [-0.15, -0.1) is 11.8 Å². The van der Waals surface area contributed by atoms with E-state index < -0.39 is 0 Å². The van der Waals surface area contributed by atoms with Gasteiger partial charge in [0.05, 0.1) is 17.4 Å². The second-order valence-corrected chi connectivity index (χ2v) is 7.51. The quantitative estimate of drug-likeness (QED) is 0.494. The molecule has 1 atom stereocenters. The molecule has 0 radical (unpaired) electrons. The lowest BCUT2D eigenvalue weighted by Crippen LogP contribution is -2.27. The Bertz CT molecular complexity index is 1040. The monoisotopic (exact) mass is 388 g/mol. The van der Waals surface area contributed by atoms with Crippen LogP contribution in [0.2, 0.25) is 0 Å². The summed E-state index contributed by atoms with van der Waals surface area (Å²) in [5.74, 6) is 0.680. The zero-order valence-corrected chi connectivity index (χ0v) is 16.3. The van der Waals surface area contributed by atoms with Gasteiger partial charge in [-0.25, -0.2) is 4.98 Å². The SMILES string of the molecule is C[C@H](NC(=O)c1ccc(SCc2cn3ccccc3n2)cc1)c1ccccn1. The normalized spacial score (nSPS) is 12.0. The van der Waals surface area contributed by atoms with Crippen molar-refractivity contribution in [3.05, 3.63) is 96.2 Å². The van der Waals surface area contributed by atoms with Crippen LogP contribution in [0.4, 0.5) is 0 Å². The van der Waals surface area contributed by atoms with Gasteiger partial charge in [-0.3, -0.25) is 9.78 Å². The van der Waals surface area contributed by atoms with Crippen LogP contribution in [0.3, 0.4) is 0 Å². The maximum atomic E-state index is 12.5. The van der Waals surface area contributed by atoms with Crippen LogP contribution in [0.15, 0.2) is 84.1 Å². The topological polar surface area (TPSA) is 59.3 Å². The van der Waals surface area contributed by atoms with E-state index in [-0.39, 0.29) is 11.9 Å². The average Bonchev–Trinajstić information content (AvgIpc) is 3.16. The van der Waals surface area contributed by atoms with E-state index in [4.69, 9.17) is 0 Å². The molecular formula is C22H20N4OS. The van der Waals surface area contributed by atoms with Crippen LogP contribution in [0.25, 0.3) is 5.65 Å². The van der Waals surface area contributed by atoms with Gasteiger partial charge >= 0.3 is 0 Å². The van der Waals surface area contributed by atoms with Crippen molar-refractivity contribution in [2.75, 3.05) is 0 Å². The maximum Gasteiger partial charge on any atom is 0.251 e. The molecule has 1 N–H and O–H groups in total. The summed E-state index contributed by atoms with van der Waals surface area (Å²) >= 11 is 1.70. The van der Waals surface area contributed by atoms with Gasteiger partial charge in [0.25, 0.3) is 5.91 Å². The van der Waals surface area contributed by atoms with Crippen LogP contribution in [0, 0.1) is 0 Å². The number of carbonyl (C=O) groups excluding carboxylic acids is 1. The molecule has 0 aliphatic rings. The fraction of sp³-hybridized carbons (Fsp3) is 0.136. The number of carbonyl (C=O) groups is 1. The van der Waals surface area contributed by atoms with Crippen LogP contribution < -0.4 is 5.32 Å². The van der Waals surface area contributed by atoms with Gasteiger partial charge in [0, 0.05) is 34.8 Å². The Kier molecular flexibility index (Phi) is 5.39. The number of nitrogens with zero attached hydrogens (tertiary/aromatic N) is 3. The van der Waals surface area contributed by atoms with Gasteiger partial charge in [0.15, 0.2) is 0 Å². The number of hydrogen-bond acceptors (Lipinski definition) is 4. The molecule has 3 aromatic heterocycles. The van der Waals surface area contributed by atoms with Gasteiger partial charge in [-0.1, -0.05) is 12.1 Å². The summed E-state index contributed by atoms with van der Waals surface area (Å²) < 4.78 is 2.02. The summed E-state index contributed by atoms with van der Waals surface area (Å²) in [7, 11) is 0. The lowest BCUT2D eigenvalue weighted by molar-refractivity contribution is 0.0939.